The molecule has 1 fully saturated rings. The Morgan fingerprint density at radius 2 is 1.96 bits per heavy atom. The molecule has 1 saturated heterocycles. The average Bonchev–Trinajstić information content (AvgIpc) is 2.99. The highest BCUT2D eigenvalue weighted by Gasteiger charge is 2.35. The lowest BCUT2D eigenvalue weighted by Crippen LogP contribution is -2.28. The zero-order chi connectivity index (χ0) is 18.0. The van der Waals surface area contributed by atoms with Crippen LogP contribution in [0.2, 0.25) is 0 Å². The summed E-state index contributed by atoms with van der Waals surface area (Å²) in [7, 11) is 0. The Bertz CT molecular complexity index is 802. The first-order valence-corrected chi connectivity index (χ1v) is 9.23. The van der Waals surface area contributed by atoms with Crippen molar-refractivity contribution >= 4 is 39.1 Å². The summed E-state index contributed by atoms with van der Waals surface area (Å²) in [5, 5.41) is 2.99. The number of halogens is 1. The van der Waals surface area contributed by atoms with Gasteiger partial charge in [-0.05, 0) is 49.2 Å². The second kappa shape index (κ2) is 7.40. The average molecular weight is 401 g/mol. The van der Waals surface area contributed by atoms with Crippen molar-refractivity contribution in [1.29, 1.82) is 0 Å². The van der Waals surface area contributed by atoms with Gasteiger partial charge in [-0.1, -0.05) is 40.5 Å². The van der Waals surface area contributed by atoms with Crippen molar-refractivity contribution in [2.45, 2.75) is 26.7 Å². The van der Waals surface area contributed by atoms with Gasteiger partial charge in [0.1, 0.15) is 0 Å². The molecule has 0 saturated carbocycles. The fourth-order valence-electron chi connectivity index (χ4n) is 3.07. The predicted octanol–water partition coefficient (Wildman–Crippen LogP) is 4.31. The van der Waals surface area contributed by atoms with Gasteiger partial charge in [0.15, 0.2) is 0 Å². The Hall–Kier alpha value is -2.14. The lowest BCUT2D eigenvalue weighted by Gasteiger charge is -2.17. The number of amides is 2. The molecule has 0 bridgehead atoms. The fourth-order valence-corrected chi connectivity index (χ4v) is 3.48. The fraction of sp³-hybridized carbons (Fsp3) is 0.300. The van der Waals surface area contributed by atoms with Gasteiger partial charge >= 0.3 is 0 Å². The maximum atomic E-state index is 12.6. The Labute approximate surface area is 156 Å². The number of carbonyl (C=O) groups excluding carboxylic acids is 2. The number of nitrogens with one attached hydrogen (secondary N) is 1. The number of benzene rings is 2. The van der Waals surface area contributed by atoms with Crippen molar-refractivity contribution in [2.75, 3.05) is 16.8 Å². The van der Waals surface area contributed by atoms with E-state index >= 15 is 0 Å². The summed E-state index contributed by atoms with van der Waals surface area (Å²) in [6.45, 7) is 4.48. The van der Waals surface area contributed by atoms with E-state index in [0.717, 1.165) is 33.4 Å². The molecule has 1 N–H and O–H groups in total. The monoisotopic (exact) mass is 400 g/mol. The lowest BCUT2D eigenvalue weighted by molar-refractivity contribution is -0.122. The Morgan fingerprint density at radius 1 is 1.24 bits per heavy atom. The number of nitrogens with zero attached hydrogens (tertiary/aromatic N) is 1. The standard InChI is InChI=1S/C20H21BrN2O2/c1-3-14-10-16(21)6-9-18(14)22-20(25)15-11-19(24)23(12-15)17-7-4-13(2)5-8-17/h4-10,15H,3,11-12H2,1-2H3,(H,22,25)/t15-/m0/s1. The van der Waals surface area contributed by atoms with Crippen LogP contribution in [0.4, 0.5) is 11.4 Å². The molecule has 4 nitrogen and oxygen atoms in total. The normalized spacial score (nSPS) is 17.0. The second-order valence-electron chi connectivity index (χ2n) is 6.39. The quantitative estimate of drug-likeness (QED) is 0.830. The molecule has 130 valence electrons. The molecular weight excluding hydrogens is 380 g/mol. The predicted molar refractivity (Wildman–Crippen MR) is 104 cm³/mol. The highest BCUT2D eigenvalue weighted by molar-refractivity contribution is 9.10. The van der Waals surface area contributed by atoms with E-state index in [4.69, 9.17) is 0 Å². The molecule has 25 heavy (non-hydrogen) atoms. The molecule has 2 aromatic rings. The number of rotatable bonds is 4. The van der Waals surface area contributed by atoms with E-state index in [1.54, 1.807) is 4.90 Å². The molecule has 0 spiro atoms. The van der Waals surface area contributed by atoms with Crippen LogP contribution in [-0.4, -0.2) is 18.4 Å². The summed E-state index contributed by atoms with van der Waals surface area (Å²) in [5.41, 5.74) is 3.88. The number of hydrogen-bond acceptors (Lipinski definition) is 2. The molecule has 1 heterocycles. The third-order valence-electron chi connectivity index (χ3n) is 4.55. The van der Waals surface area contributed by atoms with Crippen LogP contribution in [0.5, 0.6) is 0 Å². The Morgan fingerprint density at radius 3 is 2.64 bits per heavy atom. The molecule has 2 aromatic carbocycles. The number of anilines is 2. The van der Waals surface area contributed by atoms with Crippen LogP contribution >= 0.6 is 15.9 Å². The number of carbonyl (C=O) groups is 2. The van der Waals surface area contributed by atoms with E-state index in [0.29, 0.717) is 6.54 Å². The van der Waals surface area contributed by atoms with Gasteiger partial charge in [-0.2, -0.15) is 0 Å². The highest BCUT2D eigenvalue weighted by atomic mass is 79.9. The van der Waals surface area contributed by atoms with Gasteiger partial charge in [0, 0.05) is 28.8 Å². The van der Waals surface area contributed by atoms with E-state index in [2.05, 4.69) is 28.2 Å². The summed E-state index contributed by atoms with van der Waals surface area (Å²) in [5.74, 6) is -0.433. The topological polar surface area (TPSA) is 49.4 Å². The van der Waals surface area contributed by atoms with E-state index in [9.17, 15) is 9.59 Å². The number of hydrogen-bond donors (Lipinski definition) is 1. The van der Waals surface area contributed by atoms with E-state index in [1.807, 2.05) is 49.4 Å². The van der Waals surface area contributed by atoms with Gasteiger partial charge < -0.3 is 10.2 Å². The van der Waals surface area contributed by atoms with Gasteiger partial charge in [-0.25, -0.2) is 0 Å². The van der Waals surface area contributed by atoms with Crippen LogP contribution in [0.3, 0.4) is 0 Å². The molecule has 1 aliphatic heterocycles. The molecular formula is C20H21BrN2O2. The van der Waals surface area contributed by atoms with Crippen LogP contribution in [0.15, 0.2) is 46.9 Å². The molecule has 5 heteroatoms. The van der Waals surface area contributed by atoms with Gasteiger partial charge in [0.05, 0.1) is 5.92 Å². The lowest BCUT2D eigenvalue weighted by atomic mass is 10.1. The smallest absolute Gasteiger partial charge is 0.229 e. The van der Waals surface area contributed by atoms with Gasteiger partial charge in [0.2, 0.25) is 11.8 Å². The van der Waals surface area contributed by atoms with Crippen molar-refractivity contribution in [3.63, 3.8) is 0 Å². The maximum Gasteiger partial charge on any atom is 0.229 e. The Balaban J connectivity index is 1.72. The van der Waals surface area contributed by atoms with Crippen molar-refractivity contribution in [3.05, 3.63) is 58.1 Å². The first-order chi connectivity index (χ1) is 12.0. The summed E-state index contributed by atoms with van der Waals surface area (Å²) in [4.78, 5) is 26.7. The summed E-state index contributed by atoms with van der Waals surface area (Å²) < 4.78 is 0.990. The highest BCUT2D eigenvalue weighted by Crippen LogP contribution is 2.27. The summed E-state index contributed by atoms with van der Waals surface area (Å²) in [6.07, 6.45) is 1.08. The van der Waals surface area contributed by atoms with Crippen LogP contribution in [0.25, 0.3) is 0 Å². The maximum absolute atomic E-state index is 12.6. The second-order valence-corrected chi connectivity index (χ2v) is 7.30. The summed E-state index contributed by atoms with van der Waals surface area (Å²) in [6, 6.07) is 13.6. The molecule has 0 aromatic heterocycles. The minimum atomic E-state index is -0.331. The minimum absolute atomic E-state index is 0.00414. The van der Waals surface area contributed by atoms with E-state index in [-0.39, 0.29) is 24.2 Å². The van der Waals surface area contributed by atoms with Crippen LogP contribution in [0.1, 0.15) is 24.5 Å². The third-order valence-corrected chi connectivity index (χ3v) is 5.04. The van der Waals surface area contributed by atoms with Crippen LogP contribution in [0, 0.1) is 12.8 Å². The van der Waals surface area contributed by atoms with Gasteiger partial charge in [-0.15, -0.1) is 0 Å². The zero-order valence-corrected chi connectivity index (χ0v) is 16.0. The van der Waals surface area contributed by atoms with Crippen molar-refractivity contribution in [1.82, 2.24) is 0 Å². The molecule has 1 aliphatic rings. The van der Waals surface area contributed by atoms with Crippen molar-refractivity contribution < 1.29 is 9.59 Å². The Kier molecular flexibility index (Phi) is 5.23. The molecule has 3 rings (SSSR count). The minimum Gasteiger partial charge on any atom is -0.326 e. The largest absolute Gasteiger partial charge is 0.326 e. The molecule has 0 aliphatic carbocycles. The molecule has 2 amide bonds. The van der Waals surface area contributed by atoms with Crippen molar-refractivity contribution in [3.8, 4) is 0 Å². The van der Waals surface area contributed by atoms with Crippen molar-refractivity contribution in [2.24, 2.45) is 5.92 Å². The molecule has 1 atom stereocenters. The van der Waals surface area contributed by atoms with Gasteiger partial charge in [0.25, 0.3) is 0 Å². The van der Waals surface area contributed by atoms with Crippen LogP contribution < -0.4 is 10.2 Å². The first kappa shape index (κ1) is 17.7. The third kappa shape index (κ3) is 3.93. The van der Waals surface area contributed by atoms with E-state index < -0.39 is 0 Å². The first-order valence-electron chi connectivity index (χ1n) is 8.44. The molecule has 0 unspecified atom stereocenters. The molecule has 0 radical (unpaired) electrons. The zero-order valence-electron chi connectivity index (χ0n) is 14.4. The number of aryl methyl sites for hydroxylation is 2. The SMILES string of the molecule is CCc1cc(Br)ccc1NC(=O)[C@H]1CC(=O)N(c2ccc(C)cc2)C1. The summed E-state index contributed by atoms with van der Waals surface area (Å²) >= 11 is 3.45. The van der Waals surface area contributed by atoms with Crippen LogP contribution in [-0.2, 0) is 16.0 Å². The van der Waals surface area contributed by atoms with E-state index in [1.165, 1.54) is 0 Å². The van der Waals surface area contributed by atoms with Gasteiger partial charge in [-0.3, -0.25) is 9.59 Å².